The Morgan fingerprint density at radius 3 is 2.65 bits per heavy atom. The molecular formula is C18H24N2O2S. The van der Waals surface area contributed by atoms with E-state index in [0.29, 0.717) is 25.5 Å². The van der Waals surface area contributed by atoms with Crippen LogP contribution >= 0.6 is 11.3 Å². The monoisotopic (exact) mass is 332 g/mol. The largest absolute Gasteiger partial charge is 0.493 e. The number of amides is 1. The van der Waals surface area contributed by atoms with Crippen LogP contribution in [0.15, 0.2) is 29.6 Å². The molecule has 0 aliphatic carbocycles. The third-order valence-electron chi connectivity index (χ3n) is 3.51. The van der Waals surface area contributed by atoms with E-state index in [4.69, 9.17) is 4.74 Å². The van der Waals surface area contributed by atoms with Crippen LogP contribution in [0.25, 0.3) is 0 Å². The summed E-state index contributed by atoms with van der Waals surface area (Å²) in [5.74, 6) is 1.29. The molecule has 0 saturated carbocycles. The number of thiazole rings is 1. The number of carbonyl (C=O) groups excluding carboxylic acids is 1. The van der Waals surface area contributed by atoms with Gasteiger partial charge in [-0.1, -0.05) is 32.9 Å². The van der Waals surface area contributed by atoms with Crippen molar-refractivity contribution in [2.24, 2.45) is 0 Å². The fourth-order valence-electron chi connectivity index (χ4n) is 2.08. The molecule has 0 radical (unpaired) electrons. The minimum Gasteiger partial charge on any atom is -0.493 e. The van der Waals surface area contributed by atoms with Gasteiger partial charge in [0.2, 0.25) is 5.91 Å². The van der Waals surface area contributed by atoms with E-state index in [1.807, 2.05) is 17.5 Å². The molecule has 23 heavy (non-hydrogen) atoms. The minimum atomic E-state index is -0.0187. The van der Waals surface area contributed by atoms with Gasteiger partial charge in [-0.2, -0.15) is 0 Å². The molecule has 2 rings (SSSR count). The topological polar surface area (TPSA) is 51.2 Å². The molecule has 1 aromatic heterocycles. The Morgan fingerprint density at radius 2 is 2.04 bits per heavy atom. The summed E-state index contributed by atoms with van der Waals surface area (Å²) in [6.45, 7) is 7.26. The van der Waals surface area contributed by atoms with E-state index in [1.165, 1.54) is 5.56 Å². The molecule has 1 N–H and O–H groups in total. The zero-order valence-electron chi connectivity index (χ0n) is 14.0. The van der Waals surface area contributed by atoms with Crippen molar-refractivity contribution < 1.29 is 9.53 Å². The van der Waals surface area contributed by atoms with Crippen LogP contribution in [0, 0.1) is 0 Å². The first kappa shape index (κ1) is 17.5. The van der Waals surface area contributed by atoms with Gasteiger partial charge in [0.1, 0.15) is 5.75 Å². The predicted molar refractivity (Wildman–Crippen MR) is 94.0 cm³/mol. The lowest BCUT2D eigenvalue weighted by atomic mass is 10.0. The number of aryl methyl sites for hydroxylation is 1. The number of hydrogen-bond acceptors (Lipinski definition) is 4. The maximum absolute atomic E-state index is 11.8. The summed E-state index contributed by atoms with van der Waals surface area (Å²) in [7, 11) is 0. The Labute approximate surface area is 141 Å². The zero-order chi connectivity index (χ0) is 16.7. The maximum Gasteiger partial charge on any atom is 0.223 e. The van der Waals surface area contributed by atoms with Crippen molar-refractivity contribution in [1.82, 2.24) is 10.3 Å². The average molecular weight is 332 g/mol. The van der Waals surface area contributed by atoms with Gasteiger partial charge in [-0.15, -0.1) is 11.3 Å². The van der Waals surface area contributed by atoms with Crippen LogP contribution in [0.2, 0.25) is 0 Å². The quantitative estimate of drug-likeness (QED) is 0.797. The number of hydrogen-bond donors (Lipinski definition) is 1. The lowest BCUT2D eigenvalue weighted by Crippen LogP contribution is -2.24. The number of nitrogens with zero attached hydrogens (tertiary/aromatic N) is 1. The zero-order valence-corrected chi connectivity index (χ0v) is 14.8. The van der Waals surface area contributed by atoms with Gasteiger partial charge in [0.25, 0.3) is 0 Å². The van der Waals surface area contributed by atoms with Crippen molar-refractivity contribution in [3.63, 3.8) is 0 Å². The van der Waals surface area contributed by atoms with Crippen LogP contribution in [-0.2, 0) is 17.8 Å². The highest BCUT2D eigenvalue weighted by Gasteiger charge is 2.05. The number of rotatable bonds is 8. The van der Waals surface area contributed by atoms with Gasteiger partial charge in [0.05, 0.1) is 30.3 Å². The fourth-order valence-corrected chi connectivity index (χ4v) is 2.83. The lowest BCUT2D eigenvalue weighted by molar-refractivity contribution is -0.121. The van der Waals surface area contributed by atoms with Crippen molar-refractivity contribution >= 4 is 17.2 Å². The van der Waals surface area contributed by atoms with Crippen LogP contribution in [0.3, 0.4) is 0 Å². The van der Waals surface area contributed by atoms with Gasteiger partial charge in [-0.25, -0.2) is 4.98 Å². The van der Waals surface area contributed by atoms with Crippen molar-refractivity contribution in [2.45, 2.75) is 46.1 Å². The maximum atomic E-state index is 11.8. The highest BCUT2D eigenvalue weighted by atomic mass is 32.1. The van der Waals surface area contributed by atoms with Crippen molar-refractivity contribution in [1.29, 1.82) is 0 Å². The first-order valence-electron chi connectivity index (χ1n) is 8.01. The second-order valence-electron chi connectivity index (χ2n) is 5.69. The standard InChI is InChI=1S/C18H24N2O2S/c1-4-18-20-15(12-23-18)11-19-17(21)9-10-22-16-7-5-14(6-8-16)13(2)3/h5-8,12-13H,4,9-11H2,1-3H3,(H,19,21). The summed E-state index contributed by atoms with van der Waals surface area (Å²) in [6.07, 6.45) is 1.28. The third-order valence-corrected chi connectivity index (χ3v) is 4.56. The van der Waals surface area contributed by atoms with Gasteiger partial charge >= 0.3 is 0 Å². The van der Waals surface area contributed by atoms with Gasteiger partial charge < -0.3 is 10.1 Å². The Kier molecular flexibility index (Phi) is 6.59. The minimum absolute atomic E-state index is 0.0187. The molecule has 0 bridgehead atoms. The van der Waals surface area contributed by atoms with Crippen LogP contribution in [0.5, 0.6) is 5.75 Å². The summed E-state index contributed by atoms with van der Waals surface area (Å²) in [5.41, 5.74) is 2.20. The molecule has 1 aromatic carbocycles. The third kappa shape index (κ3) is 5.67. The molecule has 0 fully saturated rings. The number of aromatic nitrogens is 1. The first-order valence-corrected chi connectivity index (χ1v) is 8.89. The summed E-state index contributed by atoms with van der Waals surface area (Å²) < 4.78 is 5.61. The summed E-state index contributed by atoms with van der Waals surface area (Å²) in [4.78, 5) is 16.2. The molecule has 124 valence electrons. The molecule has 0 aliphatic rings. The molecule has 0 atom stereocenters. The molecular weight excluding hydrogens is 308 g/mol. The van der Waals surface area contributed by atoms with Crippen LogP contribution in [0.1, 0.15) is 49.4 Å². The van der Waals surface area contributed by atoms with Gasteiger partial charge in [0.15, 0.2) is 0 Å². The number of benzene rings is 1. The molecule has 2 aromatic rings. The van der Waals surface area contributed by atoms with Gasteiger partial charge in [-0.05, 0) is 30.0 Å². The SMILES string of the molecule is CCc1nc(CNC(=O)CCOc2ccc(C(C)C)cc2)cs1. The Bertz CT molecular complexity index is 620. The molecule has 0 aliphatic heterocycles. The molecule has 5 heteroatoms. The first-order chi connectivity index (χ1) is 11.1. The van der Waals surface area contributed by atoms with Gasteiger partial charge in [-0.3, -0.25) is 4.79 Å². The van der Waals surface area contributed by atoms with Crippen molar-refractivity contribution in [3.05, 3.63) is 45.9 Å². The second kappa shape index (κ2) is 8.67. The van der Waals surface area contributed by atoms with E-state index in [0.717, 1.165) is 22.9 Å². The predicted octanol–water partition coefficient (Wildman–Crippen LogP) is 3.91. The summed E-state index contributed by atoms with van der Waals surface area (Å²) in [5, 5.41) is 5.96. The average Bonchev–Trinajstić information content (AvgIpc) is 3.01. The van der Waals surface area contributed by atoms with E-state index in [2.05, 4.69) is 43.2 Å². The van der Waals surface area contributed by atoms with E-state index < -0.39 is 0 Å². The van der Waals surface area contributed by atoms with Crippen LogP contribution in [0.4, 0.5) is 0 Å². The lowest BCUT2D eigenvalue weighted by Gasteiger charge is -2.09. The van der Waals surface area contributed by atoms with Crippen LogP contribution in [-0.4, -0.2) is 17.5 Å². The van der Waals surface area contributed by atoms with Crippen molar-refractivity contribution in [3.8, 4) is 5.75 Å². The van der Waals surface area contributed by atoms with Crippen molar-refractivity contribution in [2.75, 3.05) is 6.61 Å². The normalized spacial score (nSPS) is 10.8. The molecule has 0 saturated heterocycles. The van der Waals surface area contributed by atoms with E-state index in [-0.39, 0.29) is 5.91 Å². The summed E-state index contributed by atoms with van der Waals surface area (Å²) in [6, 6.07) is 8.03. The number of carbonyl (C=O) groups is 1. The Morgan fingerprint density at radius 1 is 1.30 bits per heavy atom. The molecule has 0 unspecified atom stereocenters. The van der Waals surface area contributed by atoms with Crippen LogP contribution < -0.4 is 10.1 Å². The van der Waals surface area contributed by atoms with Gasteiger partial charge in [0, 0.05) is 5.38 Å². The molecule has 0 spiro atoms. The highest BCUT2D eigenvalue weighted by molar-refractivity contribution is 7.09. The number of nitrogens with one attached hydrogen (secondary N) is 1. The highest BCUT2D eigenvalue weighted by Crippen LogP contribution is 2.18. The Balaban J connectivity index is 1.68. The molecule has 4 nitrogen and oxygen atoms in total. The molecule has 1 heterocycles. The molecule has 1 amide bonds. The second-order valence-corrected chi connectivity index (χ2v) is 6.63. The summed E-state index contributed by atoms with van der Waals surface area (Å²) >= 11 is 1.63. The van der Waals surface area contributed by atoms with E-state index in [1.54, 1.807) is 11.3 Å². The van der Waals surface area contributed by atoms with E-state index in [9.17, 15) is 4.79 Å². The smallest absolute Gasteiger partial charge is 0.223 e. The Hall–Kier alpha value is -1.88. The fraction of sp³-hybridized carbons (Fsp3) is 0.444. The number of ether oxygens (including phenoxy) is 1. The van der Waals surface area contributed by atoms with E-state index >= 15 is 0 Å².